The van der Waals surface area contributed by atoms with Gasteiger partial charge in [0, 0.05) is 11.4 Å². The first-order valence-electron chi connectivity index (χ1n) is 6.98. The fourth-order valence-electron chi connectivity index (χ4n) is 1.97. The van der Waals surface area contributed by atoms with E-state index in [1.165, 1.54) is 23.5 Å². The second-order valence-electron chi connectivity index (χ2n) is 4.79. The Kier molecular flexibility index (Phi) is 4.76. The number of hydrogen-bond donors (Lipinski definition) is 1. The van der Waals surface area contributed by atoms with E-state index in [4.69, 9.17) is 4.74 Å². The highest BCUT2D eigenvalue weighted by Gasteiger charge is 2.14. The maximum atomic E-state index is 12.2. The first-order valence-corrected chi connectivity index (χ1v) is 9.35. The van der Waals surface area contributed by atoms with Crippen LogP contribution in [0.4, 0.5) is 0 Å². The summed E-state index contributed by atoms with van der Waals surface area (Å²) < 4.78 is 32.7. The van der Waals surface area contributed by atoms with Crippen molar-refractivity contribution in [2.45, 2.75) is 11.4 Å². The lowest BCUT2D eigenvalue weighted by atomic mass is 10.3. The van der Waals surface area contributed by atoms with Crippen LogP contribution in [-0.2, 0) is 16.6 Å². The largest absolute Gasteiger partial charge is 0.457 e. The van der Waals surface area contributed by atoms with E-state index >= 15 is 0 Å². The Hall–Kier alpha value is -2.15. The number of rotatable bonds is 6. The molecule has 0 unspecified atom stereocenters. The minimum atomic E-state index is -3.52. The molecule has 118 valence electrons. The molecule has 6 heteroatoms. The normalized spacial score (nSPS) is 11.3. The van der Waals surface area contributed by atoms with E-state index in [-0.39, 0.29) is 4.90 Å². The van der Waals surface area contributed by atoms with Crippen molar-refractivity contribution in [3.05, 3.63) is 77.0 Å². The summed E-state index contributed by atoms with van der Waals surface area (Å²) in [4.78, 5) is 1.19. The van der Waals surface area contributed by atoms with Gasteiger partial charge in [-0.2, -0.15) is 0 Å². The Labute approximate surface area is 139 Å². The van der Waals surface area contributed by atoms with Crippen LogP contribution >= 0.6 is 11.3 Å². The fraction of sp³-hybridized carbons (Fsp3) is 0.0588. The van der Waals surface area contributed by atoms with E-state index < -0.39 is 10.0 Å². The fourth-order valence-corrected chi connectivity index (χ4v) is 3.72. The molecule has 0 bridgehead atoms. The summed E-state index contributed by atoms with van der Waals surface area (Å²) in [5.74, 6) is 1.30. The van der Waals surface area contributed by atoms with Gasteiger partial charge in [0.15, 0.2) is 0 Å². The Morgan fingerprint density at radius 3 is 2.22 bits per heavy atom. The number of thiophene rings is 1. The number of hydrogen-bond acceptors (Lipinski definition) is 4. The monoisotopic (exact) mass is 345 g/mol. The Bertz CT molecular complexity index is 843. The lowest BCUT2D eigenvalue weighted by Crippen LogP contribution is -2.22. The molecule has 4 nitrogen and oxygen atoms in total. The Morgan fingerprint density at radius 2 is 1.57 bits per heavy atom. The van der Waals surface area contributed by atoms with Crippen molar-refractivity contribution < 1.29 is 13.2 Å². The zero-order chi connectivity index (χ0) is 16.1. The van der Waals surface area contributed by atoms with E-state index in [2.05, 4.69) is 4.72 Å². The van der Waals surface area contributed by atoms with Crippen molar-refractivity contribution in [3.8, 4) is 11.5 Å². The van der Waals surface area contributed by atoms with Crippen LogP contribution in [0.1, 0.15) is 4.88 Å². The summed E-state index contributed by atoms with van der Waals surface area (Å²) in [6.07, 6.45) is 0. The molecule has 0 saturated heterocycles. The third kappa shape index (κ3) is 4.19. The smallest absolute Gasteiger partial charge is 0.240 e. The van der Waals surface area contributed by atoms with Crippen LogP contribution in [0.25, 0.3) is 0 Å². The molecule has 1 aromatic heterocycles. The maximum absolute atomic E-state index is 12.2. The van der Waals surface area contributed by atoms with E-state index in [0.717, 1.165) is 4.88 Å². The molecule has 1 heterocycles. The van der Waals surface area contributed by atoms with Crippen molar-refractivity contribution in [2.75, 3.05) is 0 Å². The molecule has 0 fully saturated rings. The molecule has 0 aliphatic rings. The van der Waals surface area contributed by atoms with Crippen molar-refractivity contribution in [1.29, 1.82) is 0 Å². The summed E-state index contributed by atoms with van der Waals surface area (Å²) in [7, 11) is -3.52. The number of sulfonamides is 1. The van der Waals surface area contributed by atoms with Crippen LogP contribution in [0.3, 0.4) is 0 Å². The van der Waals surface area contributed by atoms with Crippen LogP contribution in [0.5, 0.6) is 11.5 Å². The van der Waals surface area contributed by atoms with Crippen LogP contribution in [0.15, 0.2) is 77.0 Å². The van der Waals surface area contributed by atoms with E-state index in [9.17, 15) is 8.42 Å². The standard InChI is InChI=1S/C17H15NO3S2/c19-23(20,18-13-16-7-4-12-22-16)17-10-8-15(9-11-17)21-14-5-2-1-3-6-14/h1-12,18H,13H2. The molecule has 2 aromatic carbocycles. The Balaban J connectivity index is 1.68. The number of benzene rings is 2. The highest BCUT2D eigenvalue weighted by atomic mass is 32.2. The number of para-hydroxylation sites is 1. The third-order valence-electron chi connectivity index (χ3n) is 3.13. The van der Waals surface area contributed by atoms with Crippen molar-refractivity contribution in [1.82, 2.24) is 4.72 Å². The molecule has 0 aliphatic carbocycles. The summed E-state index contributed by atoms with van der Waals surface area (Å²) >= 11 is 1.52. The van der Waals surface area contributed by atoms with Gasteiger partial charge in [-0.3, -0.25) is 0 Å². The topological polar surface area (TPSA) is 55.4 Å². The lowest BCUT2D eigenvalue weighted by Gasteiger charge is -2.08. The van der Waals surface area contributed by atoms with Gasteiger partial charge < -0.3 is 4.74 Å². The molecule has 3 rings (SSSR count). The number of nitrogens with one attached hydrogen (secondary N) is 1. The summed E-state index contributed by atoms with van der Waals surface area (Å²) in [6.45, 7) is 0.294. The average molecular weight is 345 g/mol. The van der Waals surface area contributed by atoms with E-state index in [0.29, 0.717) is 18.0 Å². The van der Waals surface area contributed by atoms with Crippen molar-refractivity contribution >= 4 is 21.4 Å². The highest BCUT2D eigenvalue weighted by Crippen LogP contribution is 2.22. The number of ether oxygens (including phenoxy) is 1. The van der Waals surface area contributed by atoms with Crippen LogP contribution in [-0.4, -0.2) is 8.42 Å². The summed E-state index contributed by atoms with van der Waals surface area (Å²) in [6, 6.07) is 19.5. The zero-order valence-corrected chi connectivity index (χ0v) is 13.8. The third-order valence-corrected chi connectivity index (χ3v) is 5.42. The van der Waals surface area contributed by atoms with Gasteiger partial charge in [-0.25, -0.2) is 13.1 Å². The predicted octanol–water partition coefficient (Wildman–Crippen LogP) is 4.02. The van der Waals surface area contributed by atoms with Gasteiger partial charge in [0.25, 0.3) is 0 Å². The molecule has 0 radical (unpaired) electrons. The van der Waals surface area contributed by atoms with Gasteiger partial charge >= 0.3 is 0 Å². The molecule has 0 amide bonds. The maximum Gasteiger partial charge on any atom is 0.240 e. The van der Waals surface area contributed by atoms with E-state index in [1.807, 2.05) is 47.8 Å². The van der Waals surface area contributed by atoms with Gasteiger partial charge in [-0.05, 0) is 47.8 Å². The van der Waals surface area contributed by atoms with Gasteiger partial charge in [0.05, 0.1) is 4.90 Å². The van der Waals surface area contributed by atoms with Gasteiger partial charge in [0.1, 0.15) is 11.5 Å². The van der Waals surface area contributed by atoms with Gasteiger partial charge in [-0.1, -0.05) is 24.3 Å². The molecule has 1 N–H and O–H groups in total. The second kappa shape index (κ2) is 6.95. The molecule has 23 heavy (non-hydrogen) atoms. The van der Waals surface area contributed by atoms with Crippen molar-refractivity contribution in [3.63, 3.8) is 0 Å². The summed E-state index contributed by atoms with van der Waals surface area (Å²) in [5.41, 5.74) is 0. The second-order valence-corrected chi connectivity index (χ2v) is 7.59. The van der Waals surface area contributed by atoms with Gasteiger partial charge in [-0.15, -0.1) is 11.3 Å². The SMILES string of the molecule is O=S(=O)(NCc1cccs1)c1ccc(Oc2ccccc2)cc1. The molecule has 0 saturated carbocycles. The highest BCUT2D eigenvalue weighted by molar-refractivity contribution is 7.89. The average Bonchev–Trinajstić information content (AvgIpc) is 3.08. The minimum absolute atomic E-state index is 0.217. The first kappa shape index (κ1) is 15.7. The van der Waals surface area contributed by atoms with Crippen molar-refractivity contribution in [2.24, 2.45) is 0 Å². The molecule has 0 aliphatic heterocycles. The lowest BCUT2D eigenvalue weighted by molar-refractivity contribution is 0.482. The van der Waals surface area contributed by atoms with Gasteiger partial charge in [0.2, 0.25) is 10.0 Å². The first-order chi connectivity index (χ1) is 11.1. The Morgan fingerprint density at radius 1 is 0.870 bits per heavy atom. The van der Waals surface area contributed by atoms with Crippen LogP contribution in [0.2, 0.25) is 0 Å². The minimum Gasteiger partial charge on any atom is -0.457 e. The van der Waals surface area contributed by atoms with Crippen LogP contribution in [0, 0.1) is 0 Å². The van der Waals surface area contributed by atoms with Crippen LogP contribution < -0.4 is 9.46 Å². The van der Waals surface area contributed by atoms with E-state index in [1.54, 1.807) is 12.1 Å². The molecular formula is C17H15NO3S2. The molecule has 0 spiro atoms. The summed E-state index contributed by atoms with van der Waals surface area (Å²) in [5, 5.41) is 1.92. The molecular weight excluding hydrogens is 330 g/mol. The molecule has 3 aromatic rings. The molecule has 0 atom stereocenters. The predicted molar refractivity (Wildman–Crippen MR) is 91.3 cm³/mol. The zero-order valence-electron chi connectivity index (χ0n) is 12.2. The quantitative estimate of drug-likeness (QED) is 0.734.